The average molecular weight is 708 g/mol. The molecule has 0 bridgehead atoms. The van der Waals surface area contributed by atoms with Gasteiger partial charge in [-0.3, -0.25) is 13.9 Å². The van der Waals surface area contributed by atoms with Crippen molar-refractivity contribution in [3.63, 3.8) is 0 Å². The fourth-order valence-electron chi connectivity index (χ4n) is 5.45. The van der Waals surface area contributed by atoms with Crippen LogP contribution in [0.2, 0.25) is 0 Å². The van der Waals surface area contributed by atoms with Crippen molar-refractivity contribution in [2.24, 2.45) is 0 Å². The molecular weight excluding hydrogens is 666 g/mol. The second-order valence-electron chi connectivity index (χ2n) is 12.4. The normalized spacial score (nSPS) is 12.4. The van der Waals surface area contributed by atoms with Crippen molar-refractivity contribution in [3.05, 3.63) is 156 Å². The molecule has 0 aliphatic heterocycles. The van der Waals surface area contributed by atoms with Crippen LogP contribution >= 0.6 is 0 Å². The van der Waals surface area contributed by atoms with Crippen molar-refractivity contribution in [3.8, 4) is 11.5 Å². The molecule has 0 spiro atoms. The molecule has 0 saturated heterocycles. The Morgan fingerprint density at radius 2 is 1.35 bits per heavy atom. The van der Waals surface area contributed by atoms with Crippen LogP contribution in [0.5, 0.6) is 11.5 Å². The second kappa shape index (κ2) is 17.0. The first-order valence-electron chi connectivity index (χ1n) is 16.8. The molecule has 0 radical (unpaired) electrons. The summed E-state index contributed by atoms with van der Waals surface area (Å²) < 4.78 is 49.6. The molecule has 2 atom stereocenters. The molecule has 10 heteroatoms. The number of halogens is 1. The SMILES string of the molecule is CC[C@@H](C)NC(=O)[C@@H](Cc1ccccc1)N(Cc1ccc(F)cc1)C(=O)CN(c1ccc(Oc2ccccc2)cc1)S(=O)(=O)c1ccc(C)cc1. The van der Waals surface area contributed by atoms with E-state index in [9.17, 15) is 22.4 Å². The predicted molar refractivity (Wildman–Crippen MR) is 197 cm³/mol. The minimum atomic E-state index is -4.28. The van der Waals surface area contributed by atoms with Crippen LogP contribution in [-0.2, 0) is 32.6 Å². The third-order valence-corrected chi connectivity index (χ3v) is 10.3. The number of nitrogens with one attached hydrogen (secondary N) is 1. The molecule has 0 aromatic heterocycles. The molecule has 0 aliphatic rings. The van der Waals surface area contributed by atoms with E-state index in [1.165, 1.54) is 29.2 Å². The minimum absolute atomic E-state index is 0.00551. The minimum Gasteiger partial charge on any atom is -0.457 e. The zero-order chi connectivity index (χ0) is 36.4. The number of benzene rings is 5. The Labute approximate surface area is 299 Å². The first-order chi connectivity index (χ1) is 24.5. The Morgan fingerprint density at radius 1 is 0.765 bits per heavy atom. The van der Waals surface area contributed by atoms with Gasteiger partial charge in [0, 0.05) is 19.0 Å². The van der Waals surface area contributed by atoms with Crippen LogP contribution in [0.15, 0.2) is 138 Å². The number of anilines is 1. The van der Waals surface area contributed by atoms with Crippen molar-refractivity contribution in [2.45, 2.75) is 57.1 Å². The molecule has 0 unspecified atom stereocenters. The van der Waals surface area contributed by atoms with Gasteiger partial charge in [-0.15, -0.1) is 0 Å². The standard InChI is InChI=1S/C41H42FN3O5S/c1-4-31(3)43-41(47)39(27-32-11-7-5-8-12-32)44(28-33-17-19-34(42)20-18-33)40(46)29-45(51(48,49)38-25-15-30(2)16-26-38)35-21-23-37(24-22-35)50-36-13-9-6-10-14-36/h5-26,31,39H,4,27-29H2,1-3H3,(H,43,47)/t31-,39-/m1/s1. The van der Waals surface area contributed by atoms with Crippen LogP contribution in [0.4, 0.5) is 10.1 Å². The Hall–Kier alpha value is -5.48. The monoisotopic (exact) mass is 707 g/mol. The molecule has 0 heterocycles. The molecule has 1 N–H and O–H groups in total. The van der Waals surface area contributed by atoms with Gasteiger partial charge >= 0.3 is 0 Å². The van der Waals surface area contributed by atoms with Crippen molar-refractivity contribution < 1.29 is 27.1 Å². The van der Waals surface area contributed by atoms with Gasteiger partial charge in [-0.25, -0.2) is 12.8 Å². The van der Waals surface area contributed by atoms with E-state index in [1.807, 2.05) is 69.3 Å². The summed E-state index contributed by atoms with van der Waals surface area (Å²) in [6.07, 6.45) is 0.842. The molecular formula is C41H42FN3O5S. The fraction of sp³-hybridized carbons (Fsp3) is 0.220. The van der Waals surface area contributed by atoms with Crippen LogP contribution in [0.25, 0.3) is 0 Å². The maximum absolute atomic E-state index is 14.7. The molecule has 0 aliphatic carbocycles. The number of nitrogens with zero attached hydrogens (tertiary/aromatic N) is 2. The summed E-state index contributed by atoms with van der Waals surface area (Å²) >= 11 is 0. The lowest BCUT2D eigenvalue weighted by Gasteiger charge is -2.34. The lowest BCUT2D eigenvalue weighted by atomic mass is 10.0. The number of rotatable bonds is 15. The first kappa shape index (κ1) is 36.8. The van der Waals surface area contributed by atoms with Crippen LogP contribution in [0.1, 0.15) is 37.0 Å². The van der Waals surface area contributed by atoms with Gasteiger partial charge in [0.25, 0.3) is 10.0 Å². The van der Waals surface area contributed by atoms with Crippen LogP contribution in [0.3, 0.4) is 0 Å². The highest BCUT2D eigenvalue weighted by Crippen LogP contribution is 2.29. The lowest BCUT2D eigenvalue weighted by Crippen LogP contribution is -2.54. The van der Waals surface area contributed by atoms with Gasteiger partial charge in [-0.1, -0.05) is 85.3 Å². The Morgan fingerprint density at radius 3 is 1.96 bits per heavy atom. The molecule has 5 rings (SSSR count). The molecule has 0 saturated carbocycles. The van der Waals surface area contributed by atoms with E-state index in [0.29, 0.717) is 23.5 Å². The number of ether oxygens (including phenoxy) is 1. The highest BCUT2D eigenvalue weighted by molar-refractivity contribution is 7.92. The molecule has 5 aromatic rings. The number of carbonyl (C=O) groups is 2. The van der Waals surface area contributed by atoms with Crippen molar-refractivity contribution in [1.29, 1.82) is 0 Å². The summed E-state index contributed by atoms with van der Waals surface area (Å²) in [6.45, 7) is 5.01. The number of hydrogen-bond acceptors (Lipinski definition) is 5. The van der Waals surface area contributed by atoms with Gasteiger partial charge in [0.2, 0.25) is 11.8 Å². The van der Waals surface area contributed by atoms with Gasteiger partial charge in [0.1, 0.15) is 29.9 Å². The predicted octanol–water partition coefficient (Wildman–Crippen LogP) is 7.68. The van der Waals surface area contributed by atoms with E-state index >= 15 is 0 Å². The number of carbonyl (C=O) groups excluding carboxylic acids is 2. The maximum Gasteiger partial charge on any atom is 0.264 e. The van der Waals surface area contributed by atoms with E-state index in [4.69, 9.17) is 4.74 Å². The number of amides is 2. The zero-order valence-corrected chi connectivity index (χ0v) is 29.7. The lowest BCUT2D eigenvalue weighted by molar-refractivity contribution is -0.140. The van der Waals surface area contributed by atoms with E-state index in [1.54, 1.807) is 60.7 Å². The maximum atomic E-state index is 14.7. The molecule has 264 valence electrons. The summed E-state index contributed by atoms with van der Waals surface area (Å²) in [5.41, 5.74) is 2.50. The van der Waals surface area contributed by atoms with Gasteiger partial charge in [-0.2, -0.15) is 0 Å². The number of aryl methyl sites for hydroxylation is 1. The van der Waals surface area contributed by atoms with Crippen LogP contribution in [0, 0.1) is 12.7 Å². The zero-order valence-electron chi connectivity index (χ0n) is 28.9. The highest BCUT2D eigenvalue weighted by atomic mass is 32.2. The smallest absolute Gasteiger partial charge is 0.264 e. The van der Waals surface area contributed by atoms with Crippen molar-refractivity contribution in [1.82, 2.24) is 10.2 Å². The Bertz CT molecular complexity index is 1990. The quantitative estimate of drug-likeness (QED) is 0.121. The third-order valence-electron chi connectivity index (χ3n) is 8.53. The summed E-state index contributed by atoms with van der Waals surface area (Å²) in [5.74, 6) is -0.339. The average Bonchev–Trinajstić information content (AvgIpc) is 3.14. The molecule has 0 fully saturated rings. The summed E-state index contributed by atoms with van der Waals surface area (Å²) in [5, 5.41) is 3.01. The number of para-hydroxylation sites is 1. The fourth-order valence-corrected chi connectivity index (χ4v) is 6.87. The van der Waals surface area contributed by atoms with E-state index in [0.717, 1.165) is 15.4 Å². The third kappa shape index (κ3) is 9.82. The highest BCUT2D eigenvalue weighted by Gasteiger charge is 2.35. The molecule has 51 heavy (non-hydrogen) atoms. The first-order valence-corrected chi connectivity index (χ1v) is 18.3. The van der Waals surface area contributed by atoms with Crippen molar-refractivity contribution in [2.75, 3.05) is 10.8 Å². The largest absolute Gasteiger partial charge is 0.457 e. The number of hydrogen-bond donors (Lipinski definition) is 1. The molecule has 8 nitrogen and oxygen atoms in total. The Kier molecular flexibility index (Phi) is 12.2. The second-order valence-corrected chi connectivity index (χ2v) is 14.3. The summed E-state index contributed by atoms with van der Waals surface area (Å²) in [6, 6.07) is 35.8. The topological polar surface area (TPSA) is 96.0 Å². The van der Waals surface area contributed by atoms with E-state index in [-0.39, 0.29) is 35.5 Å². The van der Waals surface area contributed by atoms with E-state index < -0.39 is 34.3 Å². The Balaban J connectivity index is 1.56. The summed E-state index contributed by atoms with van der Waals surface area (Å²) in [4.78, 5) is 30.1. The molecule has 5 aromatic carbocycles. The number of sulfonamides is 1. The van der Waals surface area contributed by atoms with Gasteiger partial charge in [0.05, 0.1) is 10.6 Å². The van der Waals surface area contributed by atoms with Gasteiger partial charge in [-0.05, 0) is 92.1 Å². The molecule has 2 amide bonds. The van der Waals surface area contributed by atoms with E-state index in [2.05, 4.69) is 5.32 Å². The van der Waals surface area contributed by atoms with Crippen LogP contribution < -0.4 is 14.4 Å². The van der Waals surface area contributed by atoms with Gasteiger partial charge < -0.3 is 15.0 Å². The van der Waals surface area contributed by atoms with Gasteiger partial charge in [0.15, 0.2) is 0 Å². The summed E-state index contributed by atoms with van der Waals surface area (Å²) in [7, 11) is -4.28. The van der Waals surface area contributed by atoms with Crippen molar-refractivity contribution >= 4 is 27.5 Å². The van der Waals surface area contributed by atoms with Crippen LogP contribution in [-0.4, -0.2) is 43.8 Å².